The Bertz CT molecular complexity index is 1210. The lowest BCUT2D eigenvalue weighted by Crippen LogP contribution is -2.12. The van der Waals surface area contributed by atoms with Crippen LogP contribution in [-0.2, 0) is 14.8 Å². The van der Waals surface area contributed by atoms with E-state index in [1.54, 1.807) is 12.1 Å². The molecule has 0 aliphatic carbocycles. The van der Waals surface area contributed by atoms with Gasteiger partial charge in [-0.2, -0.15) is 0 Å². The molecule has 1 aromatic heterocycles. The predicted molar refractivity (Wildman–Crippen MR) is 103 cm³/mol. The minimum Gasteiger partial charge on any atom is -0.463 e. The number of anilines is 1. The molecule has 8 heteroatoms. The van der Waals surface area contributed by atoms with Crippen LogP contribution in [0.3, 0.4) is 0 Å². The summed E-state index contributed by atoms with van der Waals surface area (Å²) in [6, 6.07) is 10.7. The molecule has 0 atom stereocenters. The Balaban J connectivity index is 1.78. The molecule has 0 saturated heterocycles. The fourth-order valence-corrected chi connectivity index (χ4v) is 2.97. The van der Waals surface area contributed by atoms with Gasteiger partial charge in [0.05, 0.1) is 15.8 Å². The van der Waals surface area contributed by atoms with E-state index in [-0.39, 0.29) is 15.9 Å². The molecular weight excluding hydrogens is 368 g/mol. The maximum absolute atomic E-state index is 12.5. The summed E-state index contributed by atoms with van der Waals surface area (Å²) in [4.78, 5) is 24.4. The van der Waals surface area contributed by atoms with Crippen LogP contribution in [-0.4, -0.2) is 14.3 Å². The number of sulfonamides is 1. The van der Waals surface area contributed by atoms with E-state index in [2.05, 4.69) is 5.32 Å². The van der Waals surface area contributed by atoms with E-state index >= 15 is 0 Å². The van der Waals surface area contributed by atoms with E-state index in [1.807, 2.05) is 13.0 Å². The SMILES string of the molecule is Cc1ccc2occ(/C=C/C(=O)Nc3ccc(S(N)(=O)=O)cc3)c(=O)c2c1. The highest BCUT2D eigenvalue weighted by atomic mass is 32.2. The van der Waals surface area contributed by atoms with Crippen molar-refractivity contribution in [3.63, 3.8) is 0 Å². The van der Waals surface area contributed by atoms with Crippen molar-refractivity contribution in [3.05, 3.63) is 76.2 Å². The van der Waals surface area contributed by atoms with Crippen LogP contribution in [0.4, 0.5) is 5.69 Å². The number of rotatable bonds is 4. The molecule has 1 heterocycles. The zero-order valence-electron chi connectivity index (χ0n) is 14.3. The van der Waals surface area contributed by atoms with E-state index in [9.17, 15) is 18.0 Å². The summed E-state index contributed by atoms with van der Waals surface area (Å²) in [5.41, 5.74) is 1.80. The van der Waals surface area contributed by atoms with E-state index in [4.69, 9.17) is 9.56 Å². The monoisotopic (exact) mass is 384 g/mol. The summed E-state index contributed by atoms with van der Waals surface area (Å²) < 4.78 is 27.8. The van der Waals surface area contributed by atoms with Crippen molar-refractivity contribution < 1.29 is 17.6 Å². The van der Waals surface area contributed by atoms with Gasteiger partial charge in [-0.05, 0) is 49.4 Å². The number of carbonyl (C=O) groups excluding carboxylic acids is 1. The molecule has 0 aliphatic heterocycles. The second-order valence-corrected chi connectivity index (χ2v) is 7.47. The molecule has 0 bridgehead atoms. The second kappa shape index (κ2) is 7.18. The van der Waals surface area contributed by atoms with Gasteiger partial charge in [0.1, 0.15) is 11.8 Å². The molecule has 7 nitrogen and oxygen atoms in total. The molecule has 0 fully saturated rings. The van der Waals surface area contributed by atoms with Crippen LogP contribution in [0.5, 0.6) is 0 Å². The number of hydrogen-bond donors (Lipinski definition) is 2. The molecule has 0 spiro atoms. The lowest BCUT2D eigenvalue weighted by atomic mass is 10.1. The Kier molecular flexibility index (Phi) is 4.93. The van der Waals surface area contributed by atoms with Crippen LogP contribution < -0.4 is 15.9 Å². The average Bonchev–Trinajstić information content (AvgIpc) is 2.61. The van der Waals surface area contributed by atoms with Crippen LogP contribution in [0.1, 0.15) is 11.1 Å². The molecule has 0 aliphatic rings. The van der Waals surface area contributed by atoms with Gasteiger partial charge in [-0.1, -0.05) is 11.6 Å². The number of benzene rings is 2. The van der Waals surface area contributed by atoms with Crippen molar-refractivity contribution in [1.29, 1.82) is 0 Å². The Labute approximate surface area is 155 Å². The van der Waals surface area contributed by atoms with Gasteiger partial charge >= 0.3 is 0 Å². The standard InChI is InChI=1S/C19H16N2O5S/c1-12-2-8-17-16(10-12)19(23)13(11-26-17)3-9-18(22)21-14-4-6-15(7-5-14)27(20,24)25/h2-11H,1H3,(H,21,22)(H2,20,24,25)/b9-3+. The minimum atomic E-state index is -3.79. The van der Waals surface area contributed by atoms with Crippen LogP contribution in [0.2, 0.25) is 0 Å². The topological polar surface area (TPSA) is 119 Å². The lowest BCUT2D eigenvalue weighted by molar-refractivity contribution is -0.111. The molecule has 0 saturated carbocycles. The molecule has 3 rings (SSSR count). The molecule has 0 unspecified atom stereocenters. The summed E-state index contributed by atoms with van der Waals surface area (Å²) >= 11 is 0. The van der Waals surface area contributed by atoms with E-state index < -0.39 is 15.9 Å². The highest BCUT2D eigenvalue weighted by Crippen LogP contribution is 2.15. The van der Waals surface area contributed by atoms with Gasteiger partial charge in [0.2, 0.25) is 15.9 Å². The van der Waals surface area contributed by atoms with Crippen LogP contribution in [0, 0.1) is 6.92 Å². The number of aryl methyl sites for hydroxylation is 1. The number of fused-ring (bicyclic) bond motifs is 1. The van der Waals surface area contributed by atoms with Crippen molar-refractivity contribution in [2.45, 2.75) is 11.8 Å². The Morgan fingerprint density at radius 2 is 1.85 bits per heavy atom. The summed E-state index contributed by atoms with van der Waals surface area (Å²) in [6.07, 6.45) is 3.85. The normalized spacial score (nSPS) is 11.8. The maximum atomic E-state index is 12.5. The molecular formula is C19H16N2O5S. The van der Waals surface area contributed by atoms with Crippen LogP contribution >= 0.6 is 0 Å². The van der Waals surface area contributed by atoms with Gasteiger partial charge in [0.25, 0.3) is 0 Å². The van der Waals surface area contributed by atoms with Crippen molar-refractivity contribution in [3.8, 4) is 0 Å². The third kappa shape index (κ3) is 4.30. The summed E-state index contributed by atoms with van der Waals surface area (Å²) in [6.45, 7) is 1.87. The number of nitrogens with one attached hydrogen (secondary N) is 1. The molecule has 2 aromatic carbocycles. The first-order chi connectivity index (χ1) is 12.7. The summed E-state index contributed by atoms with van der Waals surface area (Å²) in [5.74, 6) is -0.484. The van der Waals surface area contributed by atoms with Gasteiger partial charge in [-0.3, -0.25) is 9.59 Å². The highest BCUT2D eigenvalue weighted by Gasteiger charge is 2.08. The third-order valence-corrected chi connectivity index (χ3v) is 4.75. The van der Waals surface area contributed by atoms with E-state index in [1.165, 1.54) is 42.7 Å². The minimum absolute atomic E-state index is 0.0555. The highest BCUT2D eigenvalue weighted by molar-refractivity contribution is 7.89. The second-order valence-electron chi connectivity index (χ2n) is 5.91. The molecule has 1 amide bonds. The first-order valence-corrected chi connectivity index (χ1v) is 9.43. The fraction of sp³-hybridized carbons (Fsp3) is 0.0526. The van der Waals surface area contributed by atoms with Gasteiger partial charge in [0.15, 0.2) is 5.43 Å². The molecule has 138 valence electrons. The van der Waals surface area contributed by atoms with Gasteiger partial charge < -0.3 is 9.73 Å². The van der Waals surface area contributed by atoms with E-state index in [0.717, 1.165) is 5.56 Å². The predicted octanol–water partition coefficient (Wildman–Crippen LogP) is 2.40. The Hall–Kier alpha value is -3.23. The first-order valence-electron chi connectivity index (χ1n) is 7.88. The Morgan fingerprint density at radius 3 is 2.52 bits per heavy atom. The molecule has 3 N–H and O–H groups in total. The van der Waals surface area contributed by atoms with Gasteiger partial charge in [-0.25, -0.2) is 13.6 Å². The van der Waals surface area contributed by atoms with Crippen molar-refractivity contribution >= 4 is 38.7 Å². The number of hydrogen-bond acceptors (Lipinski definition) is 5. The quantitative estimate of drug-likeness (QED) is 0.669. The number of carbonyl (C=O) groups is 1. The average molecular weight is 384 g/mol. The molecule has 0 radical (unpaired) electrons. The summed E-state index contributed by atoms with van der Waals surface area (Å²) in [5, 5.41) is 8.02. The van der Waals surface area contributed by atoms with Crippen molar-refractivity contribution in [1.82, 2.24) is 0 Å². The maximum Gasteiger partial charge on any atom is 0.248 e. The first kappa shape index (κ1) is 18.6. The Morgan fingerprint density at radius 1 is 1.15 bits per heavy atom. The van der Waals surface area contributed by atoms with Crippen LogP contribution in [0.25, 0.3) is 17.0 Å². The summed E-state index contributed by atoms with van der Waals surface area (Å²) in [7, 11) is -3.79. The van der Waals surface area contributed by atoms with Crippen LogP contribution in [0.15, 0.2) is 68.9 Å². The number of primary sulfonamides is 1. The number of nitrogens with two attached hydrogens (primary N) is 1. The van der Waals surface area contributed by atoms with Crippen molar-refractivity contribution in [2.75, 3.05) is 5.32 Å². The zero-order chi connectivity index (χ0) is 19.6. The van der Waals surface area contributed by atoms with Gasteiger partial charge in [-0.15, -0.1) is 0 Å². The number of amides is 1. The van der Waals surface area contributed by atoms with Crippen molar-refractivity contribution in [2.24, 2.45) is 5.14 Å². The third-order valence-electron chi connectivity index (χ3n) is 3.82. The lowest BCUT2D eigenvalue weighted by Gasteiger charge is -2.03. The smallest absolute Gasteiger partial charge is 0.248 e. The molecule has 3 aromatic rings. The van der Waals surface area contributed by atoms with E-state index in [0.29, 0.717) is 16.7 Å². The fourth-order valence-electron chi connectivity index (χ4n) is 2.45. The zero-order valence-corrected chi connectivity index (χ0v) is 15.1. The molecule has 27 heavy (non-hydrogen) atoms. The van der Waals surface area contributed by atoms with Gasteiger partial charge in [0, 0.05) is 11.8 Å². The largest absolute Gasteiger partial charge is 0.463 e.